The monoisotopic (exact) mass is 442 g/mol. The molecule has 32 heavy (non-hydrogen) atoms. The first kappa shape index (κ1) is 21.6. The first-order valence-electron chi connectivity index (χ1n) is 10.5. The molecule has 2 N–H and O–H groups in total. The van der Waals surface area contributed by atoms with Gasteiger partial charge < -0.3 is 5.11 Å². The zero-order chi connectivity index (χ0) is 22.3. The number of nitrogens with zero attached hydrogens (tertiary/aromatic N) is 1. The normalized spacial score (nSPS) is 11.2. The highest BCUT2D eigenvalue weighted by atomic mass is 35.5. The first-order valence-corrected chi connectivity index (χ1v) is 10.8. The third-order valence-corrected chi connectivity index (χ3v) is 5.47. The maximum atomic E-state index is 11.0. The van der Waals surface area contributed by atoms with Crippen molar-refractivity contribution in [2.45, 2.75) is 19.3 Å². The number of rotatable bonds is 7. The quantitative estimate of drug-likeness (QED) is 0.323. The van der Waals surface area contributed by atoms with Crippen LogP contribution in [0.5, 0.6) is 0 Å². The number of nitrogens with one attached hydrogen (secondary N) is 1. The molecule has 1 aromatic heterocycles. The molecule has 0 aliphatic carbocycles. The minimum absolute atomic E-state index is 0.613. The second-order valence-electron chi connectivity index (χ2n) is 7.58. The summed E-state index contributed by atoms with van der Waals surface area (Å²) in [6.45, 7) is 0. The molecule has 160 valence electrons. The fourth-order valence-corrected chi connectivity index (χ4v) is 3.82. The highest BCUT2D eigenvalue weighted by Gasteiger charge is 2.04. The van der Waals surface area contributed by atoms with Crippen molar-refractivity contribution < 1.29 is 9.90 Å². The van der Waals surface area contributed by atoms with Crippen molar-refractivity contribution in [2.75, 3.05) is 5.32 Å². The molecule has 3 aromatic carbocycles. The van der Waals surface area contributed by atoms with Crippen molar-refractivity contribution in [1.82, 2.24) is 4.98 Å². The van der Waals surface area contributed by atoms with E-state index in [0.29, 0.717) is 17.1 Å². The molecule has 0 atom stereocenters. The van der Waals surface area contributed by atoms with Crippen LogP contribution in [0.1, 0.15) is 22.4 Å². The number of carbonyl (C=O) groups is 1. The van der Waals surface area contributed by atoms with Gasteiger partial charge in [-0.05, 0) is 60.2 Å². The van der Waals surface area contributed by atoms with Crippen LogP contribution < -0.4 is 5.32 Å². The van der Waals surface area contributed by atoms with E-state index >= 15 is 0 Å². The van der Waals surface area contributed by atoms with E-state index in [-0.39, 0.29) is 0 Å². The summed E-state index contributed by atoms with van der Waals surface area (Å²) in [5.41, 5.74) is 5.87. The summed E-state index contributed by atoms with van der Waals surface area (Å²) < 4.78 is 0. The number of hydrogen-bond acceptors (Lipinski definition) is 2. The number of amides is 1. The molecule has 4 nitrogen and oxygen atoms in total. The van der Waals surface area contributed by atoms with Gasteiger partial charge >= 0.3 is 6.09 Å². The van der Waals surface area contributed by atoms with E-state index in [1.165, 1.54) is 5.56 Å². The van der Waals surface area contributed by atoms with Gasteiger partial charge in [0.2, 0.25) is 0 Å². The molecule has 0 bridgehead atoms. The SMILES string of the molecule is O=C(O)Nc1ccccc1CC=Cc1cccc(CCc2ccc3ccc(Cl)cc3n2)c1. The van der Waals surface area contributed by atoms with E-state index < -0.39 is 6.09 Å². The third kappa shape index (κ3) is 5.74. The summed E-state index contributed by atoms with van der Waals surface area (Å²) in [5, 5.41) is 13.2. The smallest absolute Gasteiger partial charge is 0.409 e. The molecule has 0 unspecified atom stereocenters. The minimum Gasteiger partial charge on any atom is -0.465 e. The van der Waals surface area contributed by atoms with Crippen molar-refractivity contribution in [1.29, 1.82) is 0 Å². The molecule has 0 aliphatic heterocycles. The van der Waals surface area contributed by atoms with Gasteiger partial charge in [0.05, 0.1) is 5.52 Å². The van der Waals surface area contributed by atoms with Crippen molar-refractivity contribution in [3.63, 3.8) is 0 Å². The third-order valence-electron chi connectivity index (χ3n) is 5.24. The van der Waals surface area contributed by atoms with Crippen molar-refractivity contribution in [3.05, 3.63) is 112 Å². The lowest BCUT2D eigenvalue weighted by atomic mass is 10.0. The van der Waals surface area contributed by atoms with Gasteiger partial charge in [0.1, 0.15) is 0 Å². The zero-order valence-corrected chi connectivity index (χ0v) is 18.2. The molecule has 4 aromatic rings. The van der Waals surface area contributed by atoms with Crippen molar-refractivity contribution >= 4 is 40.4 Å². The standard InChI is InChI=1S/C27H23ClN2O2/c28-23-14-12-22-13-16-24(29-26(22)18-23)15-11-20-6-3-5-19(17-20)7-4-9-21-8-1-2-10-25(21)30-27(31)32/h1-8,10,12-14,16-18,30H,9,11,15H2,(H,31,32). The van der Waals surface area contributed by atoms with Gasteiger partial charge in [0.15, 0.2) is 0 Å². The van der Waals surface area contributed by atoms with E-state index in [1.807, 2.05) is 36.4 Å². The largest absolute Gasteiger partial charge is 0.465 e. The number of benzene rings is 3. The Bertz CT molecular complexity index is 1280. The zero-order valence-electron chi connectivity index (χ0n) is 17.5. The summed E-state index contributed by atoms with van der Waals surface area (Å²) in [4.78, 5) is 15.7. The van der Waals surface area contributed by atoms with Crippen LogP contribution in [-0.2, 0) is 19.3 Å². The molecule has 0 spiro atoms. The van der Waals surface area contributed by atoms with Crippen LogP contribution in [0.2, 0.25) is 5.02 Å². The lowest BCUT2D eigenvalue weighted by Crippen LogP contribution is -2.08. The lowest BCUT2D eigenvalue weighted by Gasteiger charge is -2.07. The number of para-hydroxylation sites is 1. The Morgan fingerprint density at radius 1 is 0.969 bits per heavy atom. The van der Waals surface area contributed by atoms with E-state index in [2.05, 4.69) is 53.9 Å². The molecule has 0 saturated heterocycles. The van der Waals surface area contributed by atoms with Crippen molar-refractivity contribution in [3.8, 4) is 0 Å². The fraction of sp³-hybridized carbons (Fsp3) is 0.111. The van der Waals surface area contributed by atoms with Crippen LogP contribution >= 0.6 is 11.6 Å². The van der Waals surface area contributed by atoms with Gasteiger partial charge in [0.25, 0.3) is 0 Å². The number of fused-ring (bicyclic) bond motifs is 1. The molecule has 0 fully saturated rings. The lowest BCUT2D eigenvalue weighted by molar-refractivity contribution is 0.209. The second kappa shape index (κ2) is 10.1. The summed E-state index contributed by atoms with van der Waals surface area (Å²) in [6, 6.07) is 25.8. The molecule has 1 amide bonds. The molecule has 4 rings (SSSR count). The number of pyridine rings is 1. The Balaban J connectivity index is 1.40. The minimum atomic E-state index is -1.06. The van der Waals surface area contributed by atoms with Crippen molar-refractivity contribution in [2.24, 2.45) is 0 Å². The van der Waals surface area contributed by atoms with Gasteiger partial charge in [-0.2, -0.15) is 0 Å². The average molecular weight is 443 g/mol. The number of aryl methyl sites for hydroxylation is 2. The van der Waals surface area contributed by atoms with E-state index in [0.717, 1.165) is 40.6 Å². The number of allylic oxidation sites excluding steroid dienone is 1. The summed E-state index contributed by atoms with van der Waals surface area (Å²) in [5.74, 6) is 0. The predicted molar refractivity (Wildman–Crippen MR) is 131 cm³/mol. The van der Waals surface area contributed by atoms with Crippen LogP contribution in [0, 0.1) is 0 Å². The van der Waals surface area contributed by atoms with Crippen LogP contribution in [0.3, 0.4) is 0 Å². The van der Waals surface area contributed by atoms with E-state index in [1.54, 1.807) is 6.07 Å². The topological polar surface area (TPSA) is 62.2 Å². The highest BCUT2D eigenvalue weighted by Crippen LogP contribution is 2.20. The number of aromatic nitrogens is 1. The molecular weight excluding hydrogens is 420 g/mol. The molecular formula is C27H23ClN2O2. The Labute approximate surface area is 192 Å². The fourth-order valence-electron chi connectivity index (χ4n) is 3.65. The highest BCUT2D eigenvalue weighted by molar-refractivity contribution is 6.31. The van der Waals surface area contributed by atoms with Gasteiger partial charge in [-0.25, -0.2) is 4.79 Å². The Kier molecular flexibility index (Phi) is 6.83. The van der Waals surface area contributed by atoms with Gasteiger partial charge in [-0.1, -0.05) is 78.4 Å². The maximum absolute atomic E-state index is 11.0. The van der Waals surface area contributed by atoms with E-state index in [9.17, 15) is 4.79 Å². The summed E-state index contributed by atoms with van der Waals surface area (Å²) >= 11 is 6.10. The molecule has 1 heterocycles. The number of carboxylic acid groups (broad SMARTS) is 1. The summed E-state index contributed by atoms with van der Waals surface area (Å²) in [7, 11) is 0. The van der Waals surface area contributed by atoms with Gasteiger partial charge in [-0.3, -0.25) is 10.3 Å². The van der Waals surface area contributed by atoms with Crippen LogP contribution in [0.15, 0.2) is 84.9 Å². The second-order valence-corrected chi connectivity index (χ2v) is 8.01. The molecule has 0 aliphatic rings. The van der Waals surface area contributed by atoms with E-state index in [4.69, 9.17) is 21.7 Å². The van der Waals surface area contributed by atoms with Crippen LogP contribution in [-0.4, -0.2) is 16.2 Å². The Morgan fingerprint density at radius 3 is 2.69 bits per heavy atom. The van der Waals surface area contributed by atoms with Crippen LogP contribution in [0.25, 0.3) is 17.0 Å². The molecule has 0 saturated carbocycles. The molecule has 0 radical (unpaired) electrons. The van der Waals surface area contributed by atoms with Gasteiger partial charge in [0, 0.05) is 21.8 Å². The number of anilines is 1. The number of halogens is 1. The molecule has 5 heteroatoms. The summed E-state index contributed by atoms with van der Waals surface area (Å²) in [6.07, 6.45) is 5.45. The average Bonchev–Trinajstić information content (AvgIpc) is 2.78. The Morgan fingerprint density at radius 2 is 1.81 bits per heavy atom. The first-order chi connectivity index (χ1) is 15.6. The predicted octanol–water partition coefficient (Wildman–Crippen LogP) is 7.02. The number of hydrogen-bond donors (Lipinski definition) is 2. The maximum Gasteiger partial charge on any atom is 0.409 e. The Hall–Kier alpha value is -3.63. The van der Waals surface area contributed by atoms with Crippen LogP contribution in [0.4, 0.5) is 10.5 Å². The van der Waals surface area contributed by atoms with Gasteiger partial charge in [-0.15, -0.1) is 0 Å².